The second-order valence-electron chi connectivity index (χ2n) is 7.30. The normalized spacial score (nSPS) is 13.8. The summed E-state index contributed by atoms with van der Waals surface area (Å²) in [6.45, 7) is 2.54. The van der Waals surface area contributed by atoms with E-state index in [1.165, 1.54) is 0 Å². The summed E-state index contributed by atoms with van der Waals surface area (Å²) in [5, 5.41) is 13.1. The zero-order valence-electron chi connectivity index (χ0n) is 17.0. The van der Waals surface area contributed by atoms with Gasteiger partial charge in [-0.1, -0.05) is 42.5 Å². The largest absolute Gasteiger partial charge is 0.506 e. The van der Waals surface area contributed by atoms with Crippen LogP contribution in [0.3, 0.4) is 0 Å². The van der Waals surface area contributed by atoms with Gasteiger partial charge in [0.25, 0.3) is 0 Å². The molecule has 30 heavy (non-hydrogen) atoms. The average molecular weight is 402 g/mol. The van der Waals surface area contributed by atoms with E-state index >= 15 is 0 Å². The molecule has 1 fully saturated rings. The van der Waals surface area contributed by atoms with Crippen LogP contribution < -0.4 is 15.1 Å². The fraction of sp³-hybridized carbons (Fsp3) is 0.208. The zero-order chi connectivity index (χ0) is 20.9. The number of nitrogens with zero attached hydrogens (tertiary/aromatic N) is 3. The molecule has 0 unspecified atom stereocenters. The number of phenols is 1. The molecular weight excluding hydrogens is 376 g/mol. The minimum absolute atomic E-state index is 0.110. The van der Waals surface area contributed by atoms with Crippen molar-refractivity contribution in [2.45, 2.75) is 0 Å². The summed E-state index contributed by atoms with van der Waals surface area (Å²) in [5.41, 5.74) is 3.57. The van der Waals surface area contributed by atoms with Gasteiger partial charge in [0, 0.05) is 38.9 Å². The summed E-state index contributed by atoms with van der Waals surface area (Å²) in [5.74, 6) is 0.272. The van der Waals surface area contributed by atoms with Crippen LogP contribution in [0.15, 0.2) is 78.9 Å². The average Bonchev–Trinajstić information content (AvgIpc) is 2.80. The number of carbonyl (C=O) groups is 1. The van der Waals surface area contributed by atoms with Gasteiger partial charge in [-0.05, 0) is 36.4 Å². The Morgan fingerprint density at radius 2 is 1.50 bits per heavy atom. The molecule has 0 aromatic heterocycles. The number of carbonyl (C=O) groups excluding carboxylic acids is 1. The smallest absolute Gasteiger partial charge is 0.322 e. The fourth-order valence-corrected chi connectivity index (χ4v) is 3.74. The van der Waals surface area contributed by atoms with Crippen molar-refractivity contribution in [2.24, 2.45) is 0 Å². The van der Waals surface area contributed by atoms with E-state index < -0.39 is 0 Å². The summed E-state index contributed by atoms with van der Waals surface area (Å²) in [7, 11) is 1.99. The number of urea groups is 1. The molecule has 1 heterocycles. The van der Waals surface area contributed by atoms with Crippen molar-refractivity contribution in [1.82, 2.24) is 4.90 Å². The highest BCUT2D eigenvalue weighted by Gasteiger charge is 2.23. The monoisotopic (exact) mass is 402 g/mol. The van der Waals surface area contributed by atoms with Gasteiger partial charge >= 0.3 is 6.03 Å². The van der Waals surface area contributed by atoms with E-state index in [-0.39, 0.29) is 11.8 Å². The Morgan fingerprint density at radius 3 is 2.23 bits per heavy atom. The third kappa shape index (κ3) is 4.17. The molecule has 3 aromatic rings. The molecule has 6 heteroatoms. The van der Waals surface area contributed by atoms with Crippen molar-refractivity contribution in [3.8, 4) is 5.75 Å². The Morgan fingerprint density at radius 1 is 0.867 bits per heavy atom. The van der Waals surface area contributed by atoms with Crippen LogP contribution in [0.5, 0.6) is 5.75 Å². The maximum Gasteiger partial charge on any atom is 0.322 e. The number of anilines is 4. The van der Waals surface area contributed by atoms with Crippen molar-refractivity contribution < 1.29 is 9.90 Å². The minimum Gasteiger partial charge on any atom is -0.506 e. The Balaban J connectivity index is 1.42. The van der Waals surface area contributed by atoms with E-state index in [9.17, 15) is 9.90 Å². The first-order chi connectivity index (χ1) is 14.6. The number of phenolic OH excluding ortho intramolecular Hbond substituents is 1. The SMILES string of the molecule is CN(c1ccccc1)c1ccccc1NC(=O)N1CCN(c2ccccc2O)CC1. The van der Waals surface area contributed by atoms with Crippen LogP contribution in [0, 0.1) is 0 Å². The Labute approximate surface area is 177 Å². The molecule has 0 aliphatic carbocycles. The maximum absolute atomic E-state index is 12.9. The molecule has 0 atom stereocenters. The van der Waals surface area contributed by atoms with E-state index in [0.717, 1.165) is 22.7 Å². The number of aromatic hydroxyl groups is 1. The summed E-state index contributed by atoms with van der Waals surface area (Å²) in [4.78, 5) is 18.9. The molecule has 4 rings (SSSR count). The van der Waals surface area contributed by atoms with Gasteiger partial charge in [0.15, 0.2) is 0 Å². The minimum atomic E-state index is -0.110. The molecule has 154 valence electrons. The molecule has 6 nitrogen and oxygen atoms in total. The van der Waals surface area contributed by atoms with E-state index in [2.05, 4.69) is 15.1 Å². The molecule has 2 N–H and O–H groups in total. The van der Waals surface area contributed by atoms with Crippen LogP contribution in [0.4, 0.5) is 27.5 Å². The molecule has 0 bridgehead atoms. The molecule has 1 saturated heterocycles. The van der Waals surface area contributed by atoms with Crippen LogP contribution in [-0.4, -0.2) is 49.3 Å². The van der Waals surface area contributed by atoms with Gasteiger partial charge in [0.05, 0.1) is 17.1 Å². The lowest BCUT2D eigenvalue weighted by atomic mass is 10.2. The predicted molar refractivity (Wildman–Crippen MR) is 122 cm³/mol. The fourth-order valence-electron chi connectivity index (χ4n) is 3.74. The van der Waals surface area contributed by atoms with Crippen molar-refractivity contribution in [2.75, 3.05) is 48.3 Å². The first kappa shape index (κ1) is 19.6. The second kappa shape index (κ2) is 8.78. The lowest BCUT2D eigenvalue weighted by Gasteiger charge is -2.36. The highest BCUT2D eigenvalue weighted by Crippen LogP contribution is 2.31. The number of rotatable bonds is 4. The van der Waals surface area contributed by atoms with Crippen molar-refractivity contribution >= 4 is 28.8 Å². The first-order valence-electron chi connectivity index (χ1n) is 10.1. The highest BCUT2D eigenvalue weighted by molar-refractivity contribution is 5.94. The molecular formula is C24H26N4O2. The second-order valence-corrected chi connectivity index (χ2v) is 7.30. The van der Waals surface area contributed by atoms with Crippen LogP contribution in [0.1, 0.15) is 0 Å². The number of hydrogen-bond donors (Lipinski definition) is 2. The number of amides is 2. The quantitative estimate of drug-likeness (QED) is 0.674. The Hall–Kier alpha value is -3.67. The van der Waals surface area contributed by atoms with Crippen LogP contribution in [-0.2, 0) is 0 Å². The molecule has 1 aliphatic heterocycles. The van der Waals surface area contributed by atoms with Gasteiger partial charge in [-0.3, -0.25) is 0 Å². The van der Waals surface area contributed by atoms with Gasteiger partial charge in [0.2, 0.25) is 0 Å². The van der Waals surface area contributed by atoms with Gasteiger partial charge in [-0.2, -0.15) is 0 Å². The number of benzene rings is 3. The lowest BCUT2D eigenvalue weighted by Crippen LogP contribution is -2.50. The maximum atomic E-state index is 12.9. The van der Waals surface area contributed by atoms with Crippen LogP contribution in [0.25, 0.3) is 0 Å². The van der Waals surface area contributed by atoms with Gasteiger partial charge in [0.1, 0.15) is 5.75 Å². The number of para-hydroxylation sites is 5. The summed E-state index contributed by atoms with van der Waals surface area (Å²) < 4.78 is 0. The number of piperazine rings is 1. The molecule has 2 amide bonds. The third-order valence-corrected chi connectivity index (χ3v) is 5.44. The van der Waals surface area contributed by atoms with E-state index in [1.807, 2.05) is 84.7 Å². The molecule has 1 aliphatic rings. The van der Waals surface area contributed by atoms with E-state index in [0.29, 0.717) is 26.2 Å². The zero-order valence-corrected chi connectivity index (χ0v) is 17.0. The van der Waals surface area contributed by atoms with E-state index in [1.54, 1.807) is 6.07 Å². The summed E-state index contributed by atoms with van der Waals surface area (Å²) in [6.07, 6.45) is 0. The van der Waals surface area contributed by atoms with Gasteiger partial charge in [-0.25, -0.2) is 4.79 Å². The van der Waals surface area contributed by atoms with Crippen LogP contribution >= 0.6 is 0 Å². The topological polar surface area (TPSA) is 59.1 Å². The number of hydrogen-bond acceptors (Lipinski definition) is 4. The molecule has 0 radical (unpaired) electrons. The van der Waals surface area contributed by atoms with Crippen molar-refractivity contribution in [3.05, 3.63) is 78.9 Å². The Bertz CT molecular complexity index is 1000. The molecule has 0 saturated carbocycles. The summed E-state index contributed by atoms with van der Waals surface area (Å²) >= 11 is 0. The van der Waals surface area contributed by atoms with Crippen molar-refractivity contribution in [3.63, 3.8) is 0 Å². The first-order valence-corrected chi connectivity index (χ1v) is 10.1. The lowest BCUT2D eigenvalue weighted by molar-refractivity contribution is 0.208. The Kier molecular flexibility index (Phi) is 5.75. The third-order valence-electron chi connectivity index (χ3n) is 5.44. The summed E-state index contributed by atoms with van der Waals surface area (Å²) in [6, 6.07) is 25.1. The predicted octanol–water partition coefficient (Wildman–Crippen LogP) is 4.51. The van der Waals surface area contributed by atoms with Crippen LogP contribution in [0.2, 0.25) is 0 Å². The van der Waals surface area contributed by atoms with Crippen molar-refractivity contribution in [1.29, 1.82) is 0 Å². The standard InChI is InChI=1S/C24H26N4O2/c1-26(19-9-3-2-4-10-19)21-12-6-5-11-20(21)25-24(30)28-17-15-27(16-18-28)22-13-7-8-14-23(22)29/h2-14,29H,15-18H2,1H3,(H,25,30). The number of nitrogens with one attached hydrogen (secondary N) is 1. The van der Waals surface area contributed by atoms with Gasteiger partial charge in [-0.15, -0.1) is 0 Å². The highest BCUT2D eigenvalue weighted by atomic mass is 16.3. The van der Waals surface area contributed by atoms with E-state index in [4.69, 9.17) is 0 Å². The van der Waals surface area contributed by atoms with Gasteiger partial charge < -0.3 is 25.1 Å². The molecule has 0 spiro atoms. The molecule has 3 aromatic carbocycles.